The first kappa shape index (κ1) is 17.1. The van der Waals surface area contributed by atoms with Gasteiger partial charge in [0.2, 0.25) is 17.7 Å². The summed E-state index contributed by atoms with van der Waals surface area (Å²) in [4.78, 5) is 49.6. The molecule has 7 nitrogen and oxygen atoms in total. The maximum absolute atomic E-state index is 12.8. The summed E-state index contributed by atoms with van der Waals surface area (Å²) >= 11 is 0. The molecule has 4 amide bonds. The lowest BCUT2D eigenvalue weighted by Gasteiger charge is -2.29. The first-order chi connectivity index (χ1) is 11.9. The molecule has 1 fully saturated rings. The van der Waals surface area contributed by atoms with Crippen LogP contribution in [0, 0.1) is 0 Å². The van der Waals surface area contributed by atoms with Gasteiger partial charge in [0.05, 0.1) is 5.92 Å². The Kier molecular flexibility index (Phi) is 4.57. The topological polar surface area (TPSA) is 110 Å². The fourth-order valence-electron chi connectivity index (χ4n) is 3.68. The monoisotopic (exact) mass is 343 g/mol. The number of piperidine rings is 1. The van der Waals surface area contributed by atoms with Gasteiger partial charge in [0.25, 0.3) is 5.91 Å². The van der Waals surface area contributed by atoms with Gasteiger partial charge in [0.15, 0.2) is 0 Å². The third kappa shape index (κ3) is 3.01. The lowest BCUT2D eigenvalue weighted by molar-refractivity contribution is -0.137. The SMILES string of the molecule is CCCC(C(N)=O)c1cccc2c1CN(C1CCC(=O)NC1=O)C2=O. The number of nitrogens with one attached hydrogen (secondary N) is 1. The molecular weight excluding hydrogens is 322 g/mol. The van der Waals surface area contributed by atoms with Crippen LogP contribution in [-0.4, -0.2) is 34.6 Å². The summed E-state index contributed by atoms with van der Waals surface area (Å²) in [5, 5.41) is 2.28. The summed E-state index contributed by atoms with van der Waals surface area (Å²) in [7, 11) is 0. The van der Waals surface area contributed by atoms with Gasteiger partial charge in [-0.3, -0.25) is 24.5 Å². The van der Waals surface area contributed by atoms with Gasteiger partial charge in [0.1, 0.15) is 6.04 Å². The Balaban J connectivity index is 1.93. The summed E-state index contributed by atoms with van der Waals surface area (Å²) in [6.45, 7) is 2.23. The number of carbonyl (C=O) groups excluding carboxylic acids is 4. The van der Waals surface area contributed by atoms with Crippen LogP contribution in [0.1, 0.15) is 60.0 Å². The van der Waals surface area contributed by atoms with Gasteiger partial charge in [0, 0.05) is 18.5 Å². The predicted molar refractivity (Wildman–Crippen MR) is 89.3 cm³/mol. The normalized spacial score (nSPS) is 21.1. The number of carbonyl (C=O) groups is 4. The van der Waals surface area contributed by atoms with Crippen LogP contribution in [-0.2, 0) is 20.9 Å². The Morgan fingerprint density at radius 2 is 2.12 bits per heavy atom. The summed E-state index contributed by atoms with van der Waals surface area (Å²) in [5.74, 6) is -1.87. The number of fused-ring (bicyclic) bond motifs is 1. The van der Waals surface area contributed by atoms with Crippen molar-refractivity contribution < 1.29 is 19.2 Å². The number of hydrogen-bond donors (Lipinski definition) is 2. The summed E-state index contributed by atoms with van der Waals surface area (Å²) in [6, 6.07) is 4.61. The highest BCUT2D eigenvalue weighted by atomic mass is 16.2. The first-order valence-electron chi connectivity index (χ1n) is 8.49. The highest BCUT2D eigenvalue weighted by Gasteiger charge is 2.40. The largest absolute Gasteiger partial charge is 0.369 e. The van der Waals surface area contributed by atoms with Crippen molar-refractivity contribution in [2.75, 3.05) is 0 Å². The van der Waals surface area contributed by atoms with Crippen molar-refractivity contribution in [3.8, 4) is 0 Å². The molecule has 2 unspecified atom stereocenters. The van der Waals surface area contributed by atoms with Gasteiger partial charge in [-0.15, -0.1) is 0 Å². The quantitative estimate of drug-likeness (QED) is 0.771. The van der Waals surface area contributed by atoms with Gasteiger partial charge >= 0.3 is 0 Å². The third-order valence-electron chi connectivity index (χ3n) is 4.91. The number of imide groups is 1. The van der Waals surface area contributed by atoms with Crippen molar-refractivity contribution >= 4 is 23.6 Å². The molecular formula is C18H21N3O4. The van der Waals surface area contributed by atoms with E-state index in [-0.39, 0.29) is 24.8 Å². The number of amides is 4. The molecule has 1 saturated heterocycles. The van der Waals surface area contributed by atoms with E-state index in [1.54, 1.807) is 12.1 Å². The van der Waals surface area contributed by atoms with Gasteiger partial charge in [-0.2, -0.15) is 0 Å². The molecule has 0 bridgehead atoms. The highest BCUT2D eigenvalue weighted by Crippen LogP contribution is 2.34. The molecule has 2 aliphatic rings. The Labute approximate surface area is 145 Å². The molecule has 1 aromatic carbocycles. The lowest BCUT2D eigenvalue weighted by atomic mass is 9.88. The van der Waals surface area contributed by atoms with E-state index in [1.807, 2.05) is 13.0 Å². The molecule has 3 rings (SSSR count). The summed E-state index contributed by atoms with van der Waals surface area (Å²) in [6.07, 6.45) is 1.93. The van der Waals surface area contributed by atoms with Gasteiger partial charge in [-0.05, 0) is 30.0 Å². The molecule has 0 radical (unpaired) electrons. The van der Waals surface area contributed by atoms with Crippen LogP contribution in [0.5, 0.6) is 0 Å². The van der Waals surface area contributed by atoms with Crippen LogP contribution >= 0.6 is 0 Å². The number of primary amides is 1. The van der Waals surface area contributed by atoms with Crippen molar-refractivity contribution in [3.63, 3.8) is 0 Å². The second-order valence-electron chi connectivity index (χ2n) is 6.52. The summed E-state index contributed by atoms with van der Waals surface area (Å²) in [5.41, 5.74) is 7.58. The molecule has 3 N–H and O–H groups in total. The Morgan fingerprint density at radius 1 is 1.36 bits per heavy atom. The molecule has 1 aromatic rings. The van der Waals surface area contributed by atoms with Gasteiger partial charge in [-0.25, -0.2) is 0 Å². The number of rotatable bonds is 5. The number of hydrogen-bond acceptors (Lipinski definition) is 4. The van der Waals surface area contributed by atoms with Crippen molar-refractivity contribution in [1.82, 2.24) is 10.2 Å². The minimum atomic E-state index is -0.663. The van der Waals surface area contributed by atoms with Crippen molar-refractivity contribution in [2.45, 2.75) is 51.1 Å². The Hall–Kier alpha value is -2.70. The van der Waals surface area contributed by atoms with Crippen LogP contribution in [0.3, 0.4) is 0 Å². The second-order valence-corrected chi connectivity index (χ2v) is 6.52. The van der Waals surface area contributed by atoms with E-state index in [2.05, 4.69) is 5.32 Å². The number of nitrogens with two attached hydrogens (primary N) is 1. The molecule has 0 aromatic heterocycles. The molecule has 0 spiro atoms. The van der Waals surface area contributed by atoms with Crippen LogP contribution in [0.25, 0.3) is 0 Å². The number of nitrogens with zero attached hydrogens (tertiary/aromatic N) is 1. The van der Waals surface area contributed by atoms with E-state index in [0.717, 1.165) is 17.5 Å². The van der Waals surface area contributed by atoms with Gasteiger partial charge in [-0.1, -0.05) is 25.5 Å². The van der Waals surface area contributed by atoms with E-state index < -0.39 is 23.8 Å². The standard InChI is InChI=1S/C18H21N3O4/c1-2-4-11(16(19)23)10-5-3-6-12-13(10)9-21(18(12)25)14-7-8-15(22)20-17(14)24/h3,5-6,11,14H,2,4,7-9H2,1H3,(H2,19,23)(H,20,22,24). The van der Waals surface area contributed by atoms with E-state index in [0.29, 0.717) is 18.4 Å². The Morgan fingerprint density at radius 3 is 2.76 bits per heavy atom. The molecule has 0 saturated carbocycles. The first-order valence-corrected chi connectivity index (χ1v) is 8.49. The minimum Gasteiger partial charge on any atom is -0.369 e. The predicted octanol–water partition coefficient (Wildman–Crippen LogP) is 0.817. The average molecular weight is 343 g/mol. The molecule has 2 atom stereocenters. The molecule has 0 aliphatic carbocycles. The zero-order valence-electron chi connectivity index (χ0n) is 14.1. The van der Waals surface area contributed by atoms with Crippen LogP contribution < -0.4 is 11.1 Å². The molecule has 2 heterocycles. The maximum atomic E-state index is 12.8. The molecule has 2 aliphatic heterocycles. The minimum absolute atomic E-state index is 0.211. The van der Waals surface area contributed by atoms with Crippen LogP contribution in [0.15, 0.2) is 18.2 Å². The van der Waals surface area contributed by atoms with E-state index >= 15 is 0 Å². The van der Waals surface area contributed by atoms with Crippen molar-refractivity contribution in [3.05, 3.63) is 34.9 Å². The van der Waals surface area contributed by atoms with Crippen molar-refractivity contribution in [1.29, 1.82) is 0 Å². The van der Waals surface area contributed by atoms with Crippen LogP contribution in [0.2, 0.25) is 0 Å². The van der Waals surface area contributed by atoms with Crippen molar-refractivity contribution in [2.24, 2.45) is 5.73 Å². The highest BCUT2D eigenvalue weighted by molar-refractivity contribution is 6.05. The third-order valence-corrected chi connectivity index (χ3v) is 4.91. The average Bonchev–Trinajstić information content (AvgIpc) is 2.90. The van der Waals surface area contributed by atoms with Gasteiger partial charge < -0.3 is 10.6 Å². The fourth-order valence-corrected chi connectivity index (χ4v) is 3.68. The molecule has 7 heteroatoms. The van der Waals surface area contributed by atoms with E-state index in [4.69, 9.17) is 5.73 Å². The maximum Gasteiger partial charge on any atom is 0.255 e. The van der Waals surface area contributed by atoms with Crippen LogP contribution in [0.4, 0.5) is 0 Å². The van der Waals surface area contributed by atoms with E-state index in [1.165, 1.54) is 4.90 Å². The number of benzene rings is 1. The molecule has 25 heavy (non-hydrogen) atoms. The Bertz CT molecular complexity index is 759. The molecule has 132 valence electrons. The second kappa shape index (κ2) is 6.66. The zero-order chi connectivity index (χ0) is 18.1. The van der Waals surface area contributed by atoms with E-state index in [9.17, 15) is 19.2 Å². The zero-order valence-corrected chi connectivity index (χ0v) is 14.1. The lowest BCUT2D eigenvalue weighted by Crippen LogP contribution is -2.52. The fraction of sp³-hybridized carbons (Fsp3) is 0.444. The summed E-state index contributed by atoms with van der Waals surface area (Å²) < 4.78 is 0. The smallest absolute Gasteiger partial charge is 0.255 e.